The minimum absolute atomic E-state index is 0.181. The lowest BCUT2D eigenvalue weighted by atomic mass is 9.94. The molecular formula is C14H20O3. The zero-order valence-electron chi connectivity index (χ0n) is 10.9. The first-order valence-electron chi connectivity index (χ1n) is 5.92. The highest BCUT2D eigenvalue weighted by atomic mass is 16.5. The van der Waals surface area contributed by atoms with Gasteiger partial charge in [-0.25, -0.2) is 0 Å². The van der Waals surface area contributed by atoms with Crippen molar-refractivity contribution < 1.29 is 14.3 Å². The number of hydrogen-bond donors (Lipinski definition) is 0. The van der Waals surface area contributed by atoms with Crippen LogP contribution in [0.25, 0.3) is 0 Å². The standard InChI is InChI=1S/C14H20O3/c1-5-10-9-11(7-8-13(10)16-3)12(6-2)14(15)17-4/h7-9,12H,5-6H2,1-4H3. The Morgan fingerprint density at radius 3 is 2.47 bits per heavy atom. The largest absolute Gasteiger partial charge is 0.496 e. The number of carbonyl (C=O) groups is 1. The molecule has 17 heavy (non-hydrogen) atoms. The Balaban J connectivity index is 3.09. The van der Waals surface area contributed by atoms with Crippen molar-refractivity contribution >= 4 is 5.97 Å². The van der Waals surface area contributed by atoms with Gasteiger partial charge in [-0.05, 0) is 30.0 Å². The molecule has 1 unspecified atom stereocenters. The summed E-state index contributed by atoms with van der Waals surface area (Å²) in [5.41, 5.74) is 2.12. The van der Waals surface area contributed by atoms with Crippen LogP contribution >= 0.6 is 0 Å². The number of aryl methyl sites for hydroxylation is 1. The van der Waals surface area contributed by atoms with Gasteiger partial charge in [0.25, 0.3) is 0 Å². The highest BCUT2D eigenvalue weighted by molar-refractivity contribution is 5.78. The van der Waals surface area contributed by atoms with E-state index < -0.39 is 0 Å². The number of carbonyl (C=O) groups excluding carboxylic acids is 1. The van der Waals surface area contributed by atoms with Crippen LogP contribution in [0.2, 0.25) is 0 Å². The fraction of sp³-hybridized carbons (Fsp3) is 0.500. The van der Waals surface area contributed by atoms with Gasteiger partial charge in [0.2, 0.25) is 0 Å². The molecule has 0 spiro atoms. The number of esters is 1. The number of methoxy groups -OCH3 is 2. The number of hydrogen-bond acceptors (Lipinski definition) is 3. The maximum atomic E-state index is 11.6. The van der Waals surface area contributed by atoms with E-state index in [4.69, 9.17) is 9.47 Å². The predicted octanol–water partition coefficient (Wildman–Crippen LogP) is 2.92. The van der Waals surface area contributed by atoms with Gasteiger partial charge < -0.3 is 9.47 Å². The van der Waals surface area contributed by atoms with Gasteiger partial charge in [-0.3, -0.25) is 4.79 Å². The molecule has 3 heteroatoms. The third-order valence-electron chi connectivity index (χ3n) is 2.98. The first-order chi connectivity index (χ1) is 8.17. The Morgan fingerprint density at radius 2 is 2.00 bits per heavy atom. The first kappa shape index (κ1) is 13.6. The van der Waals surface area contributed by atoms with Crippen molar-refractivity contribution in [2.24, 2.45) is 0 Å². The topological polar surface area (TPSA) is 35.5 Å². The molecule has 0 amide bonds. The molecule has 0 heterocycles. The summed E-state index contributed by atoms with van der Waals surface area (Å²) in [6, 6.07) is 5.88. The zero-order chi connectivity index (χ0) is 12.8. The van der Waals surface area contributed by atoms with E-state index in [9.17, 15) is 4.79 Å². The van der Waals surface area contributed by atoms with Gasteiger partial charge in [0, 0.05) is 0 Å². The summed E-state index contributed by atoms with van der Waals surface area (Å²) in [4.78, 5) is 11.6. The van der Waals surface area contributed by atoms with Crippen molar-refractivity contribution in [1.82, 2.24) is 0 Å². The van der Waals surface area contributed by atoms with Crippen molar-refractivity contribution in [2.75, 3.05) is 14.2 Å². The molecule has 0 radical (unpaired) electrons. The molecule has 0 aliphatic rings. The van der Waals surface area contributed by atoms with Crippen molar-refractivity contribution in [3.05, 3.63) is 29.3 Å². The summed E-state index contributed by atoms with van der Waals surface area (Å²) in [5.74, 6) is 0.506. The van der Waals surface area contributed by atoms with E-state index in [0.29, 0.717) is 0 Å². The molecule has 1 rings (SSSR count). The smallest absolute Gasteiger partial charge is 0.313 e. The van der Waals surface area contributed by atoms with Crippen LogP contribution in [0.4, 0.5) is 0 Å². The van der Waals surface area contributed by atoms with Crippen LogP contribution in [0.15, 0.2) is 18.2 Å². The SMILES string of the molecule is CCc1cc(C(CC)C(=O)OC)ccc1OC. The highest BCUT2D eigenvalue weighted by Crippen LogP contribution is 2.27. The fourth-order valence-corrected chi connectivity index (χ4v) is 1.97. The average Bonchev–Trinajstić information content (AvgIpc) is 2.38. The van der Waals surface area contributed by atoms with Gasteiger partial charge in [0.1, 0.15) is 5.75 Å². The monoisotopic (exact) mass is 236 g/mol. The van der Waals surface area contributed by atoms with Crippen LogP contribution in [-0.2, 0) is 16.0 Å². The van der Waals surface area contributed by atoms with Crippen molar-refractivity contribution in [3.63, 3.8) is 0 Å². The molecule has 0 saturated heterocycles. The van der Waals surface area contributed by atoms with Gasteiger partial charge in [0.15, 0.2) is 0 Å². The zero-order valence-corrected chi connectivity index (χ0v) is 10.9. The van der Waals surface area contributed by atoms with E-state index in [1.54, 1.807) is 7.11 Å². The van der Waals surface area contributed by atoms with E-state index >= 15 is 0 Å². The lowest BCUT2D eigenvalue weighted by Gasteiger charge is -2.15. The van der Waals surface area contributed by atoms with Crippen molar-refractivity contribution in [3.8, 4) is 5.75 Å². The van der Waals surface area contributed by atoms with Crippen LogP contribution in [0.3, 0.4) is 0 Å². The Bertz CT molecular complexity index is 385. The van der Waals surface area contributed by atoms with E-state index in [1.807, 2.05) is 25.1 Å². The summed E-state index contributed by atoms with van der Waals surface area (Å²) in [7, 11) is 3.08. The molecule has 0 aromatic heterocycles. The fourth-order valence-electron chi connectivity index (χ4n) is 1.97. The molecule has 94 valence electrons. The second-order valence-corrected chi connectivity index (χ2v) is 3.91. The average molecular weight is 236 g/mol. The summed E-state index contributed by atoms with van der Waals surface area (Å²) < 4.78 is 10.1. The van der Waals surface area contributed by atoms with Crippen LogP contribution in [0.5, 0.6) is 5.75 Å². The third kappa shape index (κ3) is 2.99. The van der Waals surface area contributed by atoms with E-state index in [2.05, 4.69) is 6.92 Å². The molecule has 0 bridgehead atoms. The molecule has 0 N–H and O–H groups in total. The Morgan fingerprint density at radius 1 is 1.29 bits per heavy atom. The second-order valence-electron chi connectivity index (χ2n) is 3.91. The first-order valence-corrected chi connectivity index (χ1v) is 5.92. The van der Waals surface area contributed by atoms with Crippen molar-refractivity contribution in [1.29, 1.82) is 0 Å². The lowest BCUT2D eigenvalue weighted by molar-refractivity contribution is -0.142. The summed E-state index contributed by atoms with van der Waals surface area (Å²) in [5, 5.41) is 0. The van der Waals surface area contributed by atoms with Crippen LogP contribution < -0.4 is 4.74 Å². The van der Waals surface area contributed by atoms with Gasteiger partial charge >= 0.3 is 5.97 Å². The quantitative estimate of drug-likeness (QED) is 0.737. The normalized spacial score (nSPS) is 12.0. The minimum Gasteiger partial charge on any atom is -0.496 e. The van der Waals surface area contributed by atoms with Gasteiger partial charge in [0.05, 0.1) is 20.1 Å². The third-order valence-corrected chi connectivity index (χ3v) is 2.98. The maximum Gasteiger partial charge on any atom is 0.313 e. The Kier molecular flexibility index (Phi) is 5.01. The van der Waals surface area contributed by atoms with Gasteiger partial charge in [-0.2, -0.15) is 0 Å². The Hall–Kier alpha value is -1.51. The van der Waals surface area contributed by atoms with Crippen LogP contribution in [0, 0.1) is 0 Å². The highest BCUT2D eigenvalue weighted by Gasteiger charge is 2.20. The maximum absolute atomic E-state index is 11.6. The molecule has 3 nitrogen and oxygen atoms in total. The predicted molar refractivity (Wildman–Crippen MR) is 67.4 cm³/mol. The Labute approximate surface area is 103 Å². The van der Waals surface area contributed by atoms with Gasteiger partial charge in [-0.15, -0.1) is 0 Å². The van der Waals surface area contributed by atoms with Crippen molar-refractivity contribution in [2.45, 2.75) is 32.6 Å². The molecule has 1 aromatic rings. The summed E-state index contributed by atoms with van der Waals surface area (Å²) >= 11 is 0. The summed E-state index contributed by atoms with van der Waals surface area (Å²) in [6.07, 6.45) is 1.62. The lowest BCUT2D eigenvalue weighted by Crippen LogP contribution is -2.13. The van der Waals surface area contributed by atoms with E-state index in [-0.39, 0.29) is 11.9 Å². The second kappa shape index (κ2) is 6.28. The molecule has 0 saturated carbocycles. The molecule has 0 aliphatic heterocycles. The minimum atomic E-state index is -0.184. The summed E-state index contributed by atoms with van der Waals surface area (Å²) in [6.45, 7) is 4.05. The number of ether oxygens (including phenoxy) is 2. The molecule has 0 fully saturated rings. The number of rotatable bonds is 5. The van der Waals surface area contributed by atoms with Crippen LogP contribution in [0.1, 0.15) is 37.3 Å². The molecular weight excluding hydrogens is 216 g/mol. The molecule has 0 aliphatic carbocycles. The van der Waals surface area contributed by atoms with Gasteiger partial charge in [-0.1, -0.05) is 26.0 Å². The van der Waals surface area contributed by atoms with E-state index in [1.165, 1.54) is 7.11 Å². The van der Waals surface area contributed by atoms with Crippen LogP contribution in [-0.4, -0.2) is 20.2 Å². The molecule has 1 atom stereocenters. The van der Waals surface area contributed by atoms with E-state index in [0.717, 1.165) is 29.7 Å². The molecule has 1 aromatic carbocycles. The number of benzene rings is 1.